The molecule has 0 aliphatic carbocycles. The molecule has 112 valence electrons. The average Bonchev–Trinajstić information content (AvgIpc) is 2.49. The second kappa shape index (κ2) is 8.70. The first-order chi connectivity index (χ1) is 9.65. The molecular formula is C13H22N2O4Si. The van der Waals surface area contributed by atoms with Crippen LogP contribution in [0.4, 0.5) is 5.69 Å². The SMILES string of the molecule is CO[Si](CC/C=N\OCc1ccc(N)cc1)(OC)OC. The van der Waals surface area contributed by atoms with Crippen molar-refractivity contribution >= 4 is 20.7 Å². The van der Waals surface area contributed by atoms with Crippen molar-refractivity contribution in [3.63, 3.8) is 0 Å². The van der Waals surface area contributed by atoms with E-state index in [4.69, 9.17) is 23.8 Å². The average molecular weight is 298 g/mol. The lowest BCUT2D eigenvalue weighted by atomic mass is 10.2. The Bertz CT molecular complexity index is 399. The van der Waals surface area contributed by atoms with Gasteiger partial charge in [-0.2, -0.15) is 0 Å². The molecule has 6 nitrogen and oxygen atoms in total. The van der Waals surface area contributed by atoms with E-state index in [9.17, 15) is 0 Å². The molecule has 0 radical (unpaired) electrons. The van der Waals surface area contributed by atoms with Gasteiger partial charge in [-0.25, -0.2) is 0 Å². The predicted molar refractivity (Wildman–Crippen MR) is 80.3 cm³/mol. The monoisotopic (exact) mass is 298 g/mol. The second-order valence-electron chi connectivity index (χ2n) is 4.14. The van der Waals surface area contributed by atoms with Gasteiger partial charge in [0.1, 0.15) is 6.61 Å². The molecule has 0 aliphatic heterocycles. The molecule has 0 heterocycles. The molecule has 0 fully saturated rings. The van der Waals surface area contributed by atoms with Crippen LogP contribution in [0.25, 0.3) is 0 Å². The number of hydrogen-bond acceptors (Lipinski definition) is 6. The highest BCUT2D eigenvalue weighted by molar-refractivity contribution is 6.60. The molecule has 0 unspecified atom stereocenters. The molecule has 1 aromatic rings. The summed E-state index contributed by atoms with van der Waals surface area (Å²) in [5.74, 6) is 0. The van der Waals surface area contributed by atoms with E-state index in [1.807, 2.05) is 24.3 Å². The molecule has 0 spiro atoms. The van der Waals surface area contributed by atoms with Gasteiger partial charge in [0.05, 0.1) is 0 Å². The number of oxime groups is 1. The molecule has 20 heavy (non-hydrogen) atoms. The maximum atomic E-state index is 5.60. The van der Waals surface area contributed by atoms with Crippen LogP contribution in [0, 0.1) is 0 Å². The summed E-state index contributed by atoms with van der Waals surface area (Å²) in [6.07, 6.45) is 2.36. The summed E-state index contributed by atoms with van der Waals surface area (Å²) >= 11 is 0. The van der Waals surface area contributed by atoms with E-state index >= 15 is 0 Å². The Labute approximate surface area is 120 Å². The number of nitrogens with zero attached hydrogens (tertiary/aromatic N) is 1. The second-order valence-corrected chi connectivity index (χ2v) is 7.23. The van der Waals surface area contributed by atoms with Crippen molar-refractivity contribution in [2.24, 2.45) is 5.16 Å². The third-order valence-corrected chi connectivity index (χ3v) is 5.64. The Balaban J connectivity index is 2.27. The van der Waals surface area contributed by atoms with E-state index in [-0.39, 0.29) is 0 Å². The Kier molecular flexibility index (Phi) is 7.24. The van der Waals surface area contributed by atoms with Crippen LogP contribution in [0.5, 0.6) is 0 Å². The molecule has 0 saturated carbocycles. The molecular weight excluding hydrogens is 276 g/mol. The van der Waals surface area contributed by atoms with Crippen molar-refractivity contribution in [1.82, 2.24) is 0 Å². The highest BCUT2D eigenvalue weighted by atomic mass is 28.4. The Hall–Kier alpha value is -1.41. The summed E-state index contributed by atoms with van der Waals surface area (Å²) in [4.78, 5) is 5.20. The minimum atomic E-state index is -2.51. The highest BCUT2D eigenvalue weighted by Crippen LogP contribution is 2.14. The Morgan fingerprint density at radius 2 is 1.70 bits per heavy atom. The van der Waals surface area contributed by atoms with Crippen molar-refractivity contribution < 1.29 is 18.1 Å². The first kappa shape index (κ1) is 16.6. The summed E-state index contributed by atoms with van der Waals surface area (Å²) in [6, 6.07) is 8.13. The number of rotatable bonds is 9. The zero-order chi connectivity index (χ0) is 14.8. The number of anilines is 1. The third kappa shape index (κ3) is 5.30. The van der Waals surface area contributed by atoms with Gasteiger partial charge < -0.3 is 23.8 Å². The lowest BCUT2D eigenvalue weighted by molar-refractivity contribution is 0.123. The van der Waals surface area contributed by atoms with Gasteiger partial charge >= 0.3 is 8.80 Å². The lowest BCUT2D eigenvalue weighted by Crippen LogP contribution is -2.42. The molecule has 0 atom stereocenters. The normalized spacial score (nSPS) is 11.9. The van der Waals surface area contributed by atoms with E-state index in [0.717, 1.165) is 11.3 Å². The number of nitrogens with two attached hydrogens (primary N) is 1. The standard InChI is InChI=1S/C13H22N2O4Si/c1-16-20(17-2,18-3)10-4-9-15-19-11-12-5-7-13(14)8-6-12/h5-9H,4,10-11,14H2,1-3H3/b15-9-. The minimum Gasteiger partial charge on any atom is -0.399 e. The van der Waals surface area contributed by atoms with Gasteiger partial charge in [-0.3, -0.25) is 0 Å². The number of nitrogen functional groups attached to an aromatic ring is 1. The Morgan fingerprint density at radius 1 is 1.10 bits per heavy atom. The molecule has 7 heteroatoms. The summed E-state index contributed by atoms with van der Waals surface area (Å²) in [5.41, 5.74) is 7.35. The van der Waals surface area contributed by atoms with Gasteiger partial charge in [0.25, 0.3) is 0 Å². The molecule has 0 amide bonds. The molecule has 0 aromatic heterocycles. The van der Waals surface area contributed by atoms with Crippen LogP contribution in [0.15, 0.2) is 29.4 Å². The van der Waals surface area contributed by atoms with Crippen LogP contribution in [-0.2, 0) is 24.7 Å². The molecule has 2 N–H and O–H groups in total. The minimum absolute atomic E-state index is 0.415. The van der Waals surface area contributed by atoms with Gasteiger partial charge in [-0.15, -0.1) is 0 Å². The van der Waals surface area contributed by atoms with Crippen LogP contribution in [-0.4, -0.2) is 36.3 Å². The summed E-state index contributed by atoms with van der Waals surface area (Å²) in [7, 11) is 2.27. The van der Waals surface area contributed by atoms with E-state index in [2.05, 4.69) is 5.16 Å². The largest absolute Gasteiger partial charge is 0.500 e. The fourth-order valence-electron chi connectivity index (χ4n) is 1.63. The molecule has 1 aromatic carbocycles. The first-order valence-electron chi connectivity index (χ1n) is 6.29. The van der Waals surface area contributed by atoms with Crippen molar-refractivity contribution in [2.45, 2.75) is 19.1 Å². The van der Waals surface area contributed by atoms with E-state index < -0.39 is 8.80 Å². The lowest BCUT2D eigenvalue weighted by Gasteiger charge is -2.23. The van der Waals surface area contributed by atoms with Gasteiger partial charge in [-0.05, 0) is 24.1 Å². The maximum Gasteiger partial charge on any atom is 0.500 e. The van der Waals surface area contributed by atoms with Gasteiger partial charge in [0.2, 0.25) is 0 Å². The van der Waals surface area contributed by atoms with E-state index in [1.54, 1.807) is 27.5 Å². The zero-order valence-electron chi connectivity index (χ0n) is 12.2. The third-order valence-electron chi connectivity index (χ3n) is 2.87. The van der Waals surface area contributed by atoms with Gasteiger partial charge in [-0.1, -0.05) is 17.3 Å². The maximum absolute atomic E-state index is 5.60. The van der Waals surface area contributed by atoms with Crippen molar-refractivity contribution in [2.75, 3.05) is 27.1 Å². The van der Waals surface area contributed by atoms with Crippen molar-refractivity contribution in [3.8, 4) is 0 Å². The zero-order valence-corrected chi connectivity index (χ0v) is 13.2. The number of benzene rings is 1. The fraction of sp³-hybridized carbons (Fsp3) is 0.462. The smallest absolute Gasteiger partial charge is 0.399 e. The molecule has 1 rings (SSSR count). The predicted octanol–water partition coefficient (Wildman–Crippen LogP) is 2.04. The van der Waals surface area contributed by atoms with Crippen LogP contribution in [0.1, 0.15) is 12.0 Å². The van der Waals surface area contributed by atoms with Crippen molar-refractivity contribution in [3.05, 3.63) is 29.8 Å². The highest BCUT2D eigenvalue weighted by Gasteiger charge is 2.36. The number of hydrogen-bond donors (Lipinski definition) is 1. The summed E-state index contributed by atoms with van der Waals surface area (Å²) in [6.45, 7) is 0.415. The van der Waals surface area contributed by atoms with Gasteiger partial charge in [0.15, 0.2) is 0 Å². The van der Waals surface area contributed by atoms with Crippen LogP contribution in [0.3, 0.4) is 0 Å². The van der Waals surface area contributed by atoms with Crippen molar-refractivity contribution in [1.29, 1.82) is 0 Å². The fourth-order valence-corrected chi connectivity index (χ4v) is 3.22. The summed E-state index contributed by atoms with van der Waals surface area (Å²) in [5, 5.41) is 3.89. The van der Waals surface area contributed by atoms with E-state index in [1.165, 1.54) is 0 Å². The first-order valence-corrected chi connectivity index (χ1v) is 8.22. The summed E-state index contributed by atoms with van der Waals surface area (Å²) < 4.78 is 15.9. The Morgan fingerprint density at radius 3 is 2.25 bits per heavy atom. The quantitative estimate of drug-likeness (QED) is 0.327. The van der Waals surface area contributed by atoms with Gasteiger partial charge in [0, 0.05) is 39.3 Å². The van der Waals surface area contributed by atoms with Crippen LogP contribution in [0.2, 0.25) is 6.04 Å². The topological polar surface area (TPSA) is 75.3 Å². The molecule has 0 bridgehead atoms. The van der Waals surface area contributed by atoms with Crippen LogP contribution < -0.4 is 5.73 Å². The van der Waals surface area contributed by atoms with Crippen LogP contribution >= 0.6 is 0 Å². The van der Waals surface area contributed by atoms with E-state index in [0.29, 0.717) is 19.1 Å². The molecule has 0 aliphatic rings. The molecule has 0 saturated heterocycles.